The highest BCUT2D eigenvalue weighted by Crippen LogP contribution is 2.36. The molecule has 0 unspecified atom stereocenters. The fourth-order valence-corrected chi connectivity index (χ4v) is 4.64. The number of hydrogen-bond acceptors (Lipinski definition) is 5. The molecule has 1 aromatic rings. The van der Waals surface area contributed by atoms with Gasteiger partial charge in [0.15, 0.2) is 20.3 Å². The molecule has 1 aliphatic rings. The van der Waals surface area contributed by atoms with Gasteiger partial charge in [-0.3, -0.25) is 4.79 Å². The minimum absolute atomic E-state index is 0.218. The number of piperidine rings is 1. The maximum atomic E-state index is 12.7. The Kier molecular flexibility index (Phi) is 5.45. The zero-order valence-electron chi connectivity index (χ0n) is 12.8. The Hall–Kier alpha value is -1.02. The summed E-state index contributed by atoms with van der Waals surface area (Å²) in [7, 11) is -2.15. The Balaban J connectivity index is 2.33. The van der Waals surface area contributed by atoms with Crippen molar-refractivity contribution in [1.29, 1.82) is 0 Å². The van der Waals surface area contributed by atoms with Gasteiger partial charge in [-0.15, -0.1) is 0 Å². The number of rotatable bonds is 4. The van der Waals surface area contributed by atoms with E-state index in [1.54, 1.807) is 0 Å². The molecule has 2 rings (SSSR count). The van der Waals surface area contributed by atoms with Crippen LogP contribution in [0, 0.1) is 0 Å². The third-order valence-corrected chi connectivity index (χ3v) is 6.57. The van der Waals surface area contributed by atoms with Crippen LogP contribution in [0.4, 0.5) is 5.69 Å². The van der Waals surface area contributed by atoms with E-state index in [0.717, 1.165) is 6.26 Å². The van der Waals surface area contributed by atoms with Gasteiger partial charge in [0, 0.05) is 11.9 Å². The third-order valence-electron chi connectivity index (χ3n) is 4.00. The topological polar surface area (TPSA) is 84.5 Å². The Labute approximate surface area is 145 Å². The van der Waals surface area contributed by atoms with Gasteiger partial charge in [-0.25, -0.2) is 8.42 Å². The SMILES string of the molecule is COc1c(Cl)cc(NC(=O)C2(S(C)(=O)=O)CCNCC2)cc1Cl. The number of carbonyl (C=O) groups excluding carboxylic acids is 1. The van der Waals surface area contributed by atoms with Crippen molar-refractivity contribution in [3.8, 4) is 5.75 Å². The van der Waals surface area contributed by atoms with Crippen LogP contribution < -0.4 is 15.4 Å². The van der Waals surface area contributed by atoms with Crippen LogP contribution in [0.2, 0.25) is 10.0 Å². The molecule has 0 radical (unpaired) electrons. The lowest BCUT2D eigenvalue weighted by atomic mass is 9.95. The number of ether oxygens (including phenoxy) is 1. The Bertz CT molecular complexity index is 692. The van der Waals surface area contributed by atoms with Crippen molar-refractivity contribution in [3.63, 3.8) is 0 Å². The van der Waals surface area contributed by atoms with E-state index >= 15 is 0 Å². The van der Waals surface area contributed by atoms with Crippen LogP contribution in [0.25, 0.3) is 0 Å². The molecule has 9 heteroatoms. The Morgan fingerprint density at radius 1 is 1.26 bits per heavy atom. The normalized spacial score (nSPS) is 17.6. The Morgan fingerprint density at radius 2 is 1.78 bits per heavy atom. The van der Waals surface area contributed by atoms with Gasteiger partial charge >= 0.3 is 0 Å². The molecule has 1 amide bonds. The molecule has 1 aliphatic heterocycles. The monoisotopic (exact) mass is 380 g/mol. The molecule has 0 spiro atoms. The Morgan fingerprint density at radius 3 is 2.22 bits per heavy atom. The molecule has 0 bridgehead atoms. The molecule has 0 saturated carbocycles. The van der Waals surface area contributed by atoms with Crippen molar-refractivity contribution in [3.05, 3.63) is 22.2 Å². The quantitative estimate of drug-likeness (QED) is 0.835. The van der Waals surface area contributed by atoms with Crippen LogP contribution in [0.3, 0.4) is 0 Å². The highest BCUT2D eigenvalue weighted by molar-refractivity contribution is 7.92. The van der Waals surface area contributed by atoms with Crippen molar-refractivity contribution in [2.75, 3.05) is 31.8 Å². The first kappa shape index (κ1) is 18.3. The number of sulfone groups is 1. The first-order valence-corrected chi connectivity index (χ1v) is 9.61. The molecule has 2 N–H and O–H groups in total. The predicted octanol–water partition coefficient (Wildman–Crippen LogP) is 2.11. The minimum atomic E-state index is -3.58. The summed E-state index contributed by atoms with van der Waals surface area (Å²) in [5.74, 6) is -0.273. The molecule has 6 nitrogen and oxygen atoms in total. The van der Waals surface area contributed by atoms with Gasteiger partial charge in [-0.05, 0) is 38.1 Å². The standard InChI is InChI=1S/C14H18Cl2N2O4S/c1-22-12-10(15)7-9(8-11(12)16)18-13(19)14(23(2,20)21)3-5-17-6-4-14/h7-8,17H,3-6H2,1-2H3,(H,18,19). The van der Waals surface area contributed by atoms with Crippen molar-refractivity contribution in [2.45, 2.75) is 17.6 Å². The summed E-state index contributed by atoms with van der Waals surface area (Å²) in [5.41, 5.74) is 0.326. The molecule has 1 fully saturated rings. The molecule has 23 heavy (non-hydrogen) atoms. The van der Waals surface area contributed by atoms with Crippen molar-refractivity contribution < 1.29 is 17.9 Å². The summed E-state index contributed by atoms with van der Waals surface area (Å²) >= 11 is 12.1. The zero-order valence-corrected chi connectivity index (χ0v) is 15.1. The van der Waals surface area contributed by atoms with Crippen LogP contribution in [0.5, 0.6) is 5.75 Å². The lowest BCUT2D eigenvalue weighted by Crippen LogP contribution is -2.55. The molecule has 0 atom stereocenters. The number of amides is 1. The van der Waals surface area contributed by atoms with E-state index in [0.29, 0.717) is 24.5 Å². The van der Waals surface area contributed by atoms with Gasteiger partial charge in [0.05, 0.1) is 17.2 Å². The predicted molar refractivity (Wildman–Crippen MR) is 91.3 cm³/mol. The number of halogens is 2. The number of hydrogen-bond donors (Lipinski definition) is 2. The molecule has 0 aromatic heterocycles. The lowest BCUT2D eigenvalue weighted by Gasteiger charge is -2.34. The van der Waals surface area contributed by atoms with Gasteiger partial charge < -0.3 is 15.4 Å². The second-order valence-electron chi connectivity index (χ2n) is 5.44. The second-order valence-corrected chi connectivity index (χ2v) is 8.58. The van der Waals surface area contributed by atoms with Gasteiger partial charge in [-0.1, -0.05) is 23.2 Å². The fraction of sp³-hybridized carbons (Fsp3) is 0.500. The van der Waals surface area contributed by atoms with Crippen LogP contribution in [-0.2, 0) is 14.6 Å². The van der Waals surface area contributed by atoms with Gasteiger partial charge in [0.25, 0.3) is 0 Å². The van der Waals surface area contributed by atoms with Crippen LogP contribution in [0.1, 0.15) is 12.8 Å². The highest BCUT2D eigenvalue weighted by Gasteiger charge is 2.48. The maximum absolute atomic E-state index is 12.7. The van der Waals surface area contributed by atoms with Crippen LogP contribution in [-0.4, -0.2) is 45.5 Å². The average Bonchev–Trinajstić information content (AvgIpc) is 2.46. The molecular formula is C14H18Cl2N2O4S. The molecular weight excluding hydrogens is 363 g/mol. The fourth-order valence-electron chi connectivity index (χ4n) is 2.67. The summed E-state index contributed by atoms with van der Waals surface area (Å²) < 4.78 is 28.0. The molecule has 0 aliphatic carbocycles. The third kappa shape index (κ3) is 3.57. The average molecular weight is 381 g/mol. The maximum Gasteiger partial charge on any atom is 0.245 e. The number of nitrogens with one attached hydrogen (secondary N) is 2. The van der Waals surface area contributed by atoms with E-state index in [4.69, 9.17) is 27.9 Å². The molecule has 1 saturated heterocycles. The summed E-state index contributed by atoms with van der Waals surface area (Å²) in [6.45, 7) is 0.926. The smallest absolute Gasteiger partial charge is 0.245 e. The summed E-state index contributed by atoms with van der Waals surface area (Å²) in [6.07, 6.45) is 1.52. The molecule has 1 heterocycles. The van der Waals surface area contributed by atoms with Gasteiger partial charge in [0.1, 0.15) is 0 Å². The largest absolute Gasteiger partial charge is 0.494 e. The van der Waals surface area contributed by atoms with Crippen molar-refractivity contribution in [2.24, 2.45) is 0 Å². The number of anilines is 1. The first-order valence-electron chi connectivity index (χ1n) is 6.96. The van der Waals surface area contributed by atoms with Crippen molar-refractivity contribution in [1.82, 2.24) is 5.32 Å². The van der Waals surface area contributed by atoms with E-state index in [-0.39, 0.29) is 22.9 Å². The van der Waals surface area contributed by atoms with Gasteiger partial charge in [-0.2, -0.15) is 0 Å². The van der Waals surface area contributed by atoms with Crippen LogP contribution >= 0.6 is 23.2 Å². The van der Waals surface area contributed by atoms with Gasteiger partial charge in [0.2, 0.25) is 5.91 Å². The van der Waals surface area contributed by atoms with Crippen LogP contribution in [0.15, 0.2) is 12.1 Å². The van der Waals surface area contributed by atoms with E-state index in [1.807, 2.05) is 0 Å². The number of benzene rings is 1. The molecule has 128 valence electrons. The van der Waals surface area contributed by atoms with Crippen molar-refractivity contribution >= 4 is 44.6 Å². The summed E-state index contributed by atoms with van der Waals surface area (Å²) in [6, 6.07) is 2.95. The number of methoxy groups -OCH3 is 1. The summed E-state index contributed by atoms with van der Waals surface area (Å²) in [4.78, 5) is 12.7. The van der Waals surface area contributed by atoms with E-state index in [9.17, 15) is 13.2 Å². The van der Waals surface area contributed by atoms with E-state index < -0.39 is 20.5 Å². The summed E-state index contributed by atoms with van der Waals surface area (Å²) in [5, 5.41) is 6.14. The second kappa shape index (κ2) is 6.84. The molecule has 1 aromatic carbocycles. The number of carbonyl (C=O) groups is 1. The highest BCUT2D eigenvalue weighted by atomic mass is 35.5. The zero-order chi connectivity index (χ0) is 17.3. The minimum Gasteiger partial charge on any atom is -0.494 e. The van der Waals surface area contributed by atoms with E-state index in [2.05, 4.69) is 10.6 Å². The lowest BCUT2D eigenvalue weighted by molar-refractivity contribution is -0.119. The van der Waals surface area contributed by atoms with E-state index in [1.165, 1.54) is 19.2 Å². The first-order chi connectivity index (χ1) is 10.7.